The van der Waals surface area contributed by atoms with E-state index in [1.807, 2.05) is 12.1 Å². The molecule has 0 spiro atoms. The van der Waals surface area contributed by atoms with Gasteiger partial charge in [-0.15, -0.1) is 0 Å². The number of likely N-dealkylation sites (N-methyl/N-ethyl adjacent to an activating group) is 1. The summed E-state index contributed by atoms with van der Waals surface area (Å²) in [4.78, 5) is 32.6. The van der Waals surface area contributed by atoms with Gasteiger partial charge in [0.25, 0.3) is 0 Å². The van der Waals surface area contributed by atoms with E-state index in [4.69, 9.17) is 9.47 Å². The van der Waals surface area contributed by atoms with E-state index in [9.17, 15) is 9.59 Å². The Morgan fingerprint density at radius 1 is 1.17 bits per heavy atom. The van der Waals surface area contributed by atoms with Crippen LogP contribution in [-0.4, -0.2) is 67.5 Å². The van der Waals surface area contributed by atoms with Gasteiger partial charge in [0.05, 0.1) is 27.3 Å². The summed E-state index contributed by atoms with van der Waals surface area (Å²) in [5.41, 5.74) is 2.21. The first kappa shape index (κ1) is 22.0. The molecule has 0 fully saturated rings. The van der Waals surface area contributed by atoms with E-state index in [1.54, 1.807) is 49.4 Å². The van der Waals surface area contributed by atoms with Crippen LogP contribution in [-0.2, 0) is 22.6 Å². The lowest BCUT2D eigenvalue weighted by molar-refractivity contribution is -0.133. The van der Waals surface area contributed by atoms with E-state index in [0.29, 0.717) is 30.4 Å². The number of hydrogen-bond acceptors (Lipinski definition) is 6. The van der Waals surface area contributed by atoms with Crippen LogP contribution in [0.15, 0.2) is 34.9 Å². The minimum absolute atomic E-state index is 0.0208. The van der Waals surface area contributed by atoms with Crippen LogP contribution in [0.1, 0.15) is 11.1 Å². The molecule has 8 nitrogen and oxygen atoms in total. The number of fused-ring (bicyclic) bond motifs is 1. The lowest BCUT2D eigenvalue weighted by atomic mass is 9.98. The quantitative estimate of drug-likeness (QED) is 0.659. The van der Waals surface area contributed by atoms with Crippen molar-refractivity contribution in [3.05, 3.63) is 46.1 Å². The van der Waals surface area contributed by atoms with Crippen molar-refractivity contribution in [2.24, 2.45) is 0 Å². The SMILES string of the molecule is COc1cc2c(cc1OC)CN(C(=O)CN(C)CC(=O)Nc1ccc(Br)cn1)CC2. The van der Waals surface area contributed by atoms with Gasteiger partial charge in [0.2, 0.25) is 11.8 Å². The maximum Gasteiger partial charge on any atom is 0.239 e. The number of pyridine rings is 1. The smallest absolute Gasteiger partial charge is 0.239 e. The fourth-order valence-electron chi connectivity index (χ4n) is 3.36. The molecule has 0 saturated heterocycles. The lowest BCUT2D eigenvalue weighted by Crippen LogP contribution is -2.43. The highest BCUT2D eigenvalue weighted by molar-refractivity contribution is 9.10. The van der Waals surface area contributed by atoms with Gasteiger partial charge in [-0.3, -0.25) is 14.5 Å². The number of ether oxygens (including phenoxy) is 2. The average Bonchev–Trinajstić information content (AvgIpc) is 2.73. The zero-order chi connectivity index (χ0) is 21.7. The van der Waals surface area contributed by atoms with Gasteiger partial charge in [0, 0.05) is 23.8 Å². The molecular formula is C21H25BrN4O4. The Labute approximate surface area is 184 Å². The van der Waals surface area contributed by atoms with Gasteiger partial charge in [-0.1, -0.05) is 0 Å². The van der Waals surface area contributed by atoms with Crippen LogP contribution in [0, 0.1) is 0 Å². The third-order valence-corrected chi connectivity index (χ3v) is 5.35. The molecule has 0 bridgehead atoms. The molecule has 3 rings (SSSR count). The summed E-state index contributed by atoms with van der Waals surface area (Å²) >= 11 is 3.30. The van der Waals surface area contributed by atoms with E-state index >= 15 is 0 Å². The summed E-state index contributed by atoms with van der Waals surface area (Å²) in [5.74, 6) is 1.58. The van der Waals surface area contributed by atoms with Crippen molar-refractivity contribution in [2.45, 2.75) is 13.0 Å². The fraction of sp³-hybridized carbons (Fsp3) is 0.381. The maximum atomic E-state index is 12.8. The molecular weight excluding hydrogens is 452 g/mol. The highest BCUT2D eigenvalue weighted by Crippen LogP contribution is 2.33. The Kier molecular flexibility index (Phi) is 7.28. The molecule has 0 atom stereocenters. The third-order valence-electron chi connectivity index (χ3n) is 4.88. The number of hydrogen-bond donors (Lipinski definition) is 1. The fourth-order valence-corrected chi connectivity index (χ4v) is 3.59. The van der Waals surface area contributed by atoms with Crippen LogP contribution >= 0.6 is 15.9 Å². The normalized spacial score (nSPS) is 13.0. The van der Waals surface area contributed by atoms with Crippen molar-refractivity contribution in [1.29, 1.82) is 0 Å². The molecule has 1 aliphatic rings. The topological polar surface area (TPSA) is 84.0 Å². The van der Waals surface area contributed by atoms with E-state index in [1.165, 1.54) is 0 Å². The van der Waals surface area contributed by atoms with Crippen molar-refractivity contribution in [1.82, 2.24) is 14.8 Å². The van der Waals surface area contributed by atoms with Crippen LogP contribution in [0.2, 0.25) is 0 Å². The minimum Gasteiger partial charge on any atom is -0.493 e. The van der Waals surface area contributed by atoms with Crippen molar-refractivity contribution < 1.29 is 19.1 Å². The van der Waals surface area contributed by atoms with Gasteiger partial charge in [-0.25, -0.2) is 4.98 Å². The second kappa shape index (κ2) is 9.90. The van der Waals surface area contributed by atoms with Gasteiger partial charge >= 0.3 is 0 Å². The predicted octanol–water partition coefficient (Wildman–Crippen LogP) is 2.32. The van der Waals surface area contributed by atoms with Gasteiger partial charge in [0.1, 0.15) is 5.82 Å². The van der Waals surface area contributed by atoms with Crippen LogP contribution in [0.4, 0.5) is 5.82 Å². The summed E-state index contributed by atoms with van der Waals surface area (Å²) in [7, 11) is 4.96. The zero-order valence-corrected chi connectivity index (χ0v) is 18.9. The Bertz CT molecular complexity index is 920. The van der Waals surface area contributed by atoms with Crippen molar-refractivity contribution in [3.8, 4) is 11.5 Å². The number of amides is 2. The van der Waals surface area contributed by atoms with Crippen LogP contribution in [0.5, 0.6) is 11.5 Å². The number of halogens is 1. The molecule has 1 N–H and O–H groups in total. The zero-order valence-electron chi connectivity index (χ0n) is 17.3. The van der Waals surface area contributed by atoms with Crippen LogP contribution < -0.4 is 14.8 Å². The molecule has 160 valence electrons. The Morgan fingerprint density at radius 3 is 2.50 bits per heavy atom. The molecule has 1 aliphatic heterocycles. The lowest BCUT2D eigenvalue weighted by Gasteiger charge is -2.31. The van der Waals surface area contributed by atoms with E-state index in [0.717, 1.165) is 22.0 Å². The number of nitrogens with zero attached hydrogens (tertiary/aromatic N) is 3. The largest absolute Gasteiger partial charge is 0.493 e. The number of carbonyl (C=O) groups is 2. The first-order chi connectivity index (χ1) is 14.4. The molecule has 1 aromatic carbocycles. The molecule has 30 heavy (non-hydrogen) atoms. The molecule has 0 saturated carbocycles. The van der Waals surface area contributed by atoms with E-state index in [2.05, 4.69) is 26.2 Å². The van der Waals surface area contributed by atoms with E-state index in [-0.39, 0.29) is 24.9 Å². The first-order valence-electron chi connectivity index (χ1n) is 9.51. The average molecular weight is 477 g/mol. The number of carbonyl (C=O) groups excluding carboxylic acids is 2. The Balaban J connectivity index is 1.54. The summed E-state index contributed by atoms with van der Waals surface area (Å²) in [6.45, 7) is 1.39. The molecule has 2 heterocycles. The van der Waals surface area contributed by atoms with Crippen molar-refractivity contribution in [3.63, 3.8) is 0 Å². The summed E-state index contributed by atoms with van der Waals surface area (Å²) in [5, 5.41) is 2.73. The molecule has 2 amide bonds. The highest BCUT2D eigenvalue weighted by atomic mass is 79.9. The molecule has 9 heteroatoms. The molecule has 0 unspecified atom stereocenters. The first-order valence-corrected chi connectivity index (χ1v) is 10.3. The second-order valence-corrected chi connectivity index (χ2v) is 8.04. The monoisotopic (exact) mass is 476 g/mol. The molecule has 1 aromatic heterocycles. The number of anilines is 1. The van der Waals surface area contributed by atoms with Crippen LogP contribution in [0.3, 0.4) is 0 Å². The Morgan fingerprint density at radius 2 is 1.87 bits per heavy atom. The van der Waals surface area contributed by atoms with Crippen LogP contribution in [0.25, 0.3) is 0 Å². The molecule has 2 aromatic rings. The number of nitrogens with one attached hydrogen (secondary N) is 1. The van der Waals surface area contributed by atoms with Gasteiger partial charge in [-0.05, 0) is 64.8 Å². The number of rotatable bonds is 7. The van der Waals surface area contributed by atoms with E-state index < -0.39 is 0 Å². The second-order valence-electron chi connectivity index (χ2n) is 7.12. The summed E-state index contributed by atoms with van der Waals surface area (Å²) < 4.78 is 11.6. The van der Waals surface area contributed by atoms with Gasteiger partial charge in [-0.2, -0.15) is 0 Å². The standard InChI is InChI=1S/C21H25BrN4O4/c1-25(12-20(27)24-19-5-4-16(22)10-23-19)13-21(28)26-7-6-14-8-17(29-2)18(30-3)9-15(14)11-26/h4-5,8-10H,6-7,11-13H2,1-3H3,(H,23,24,27). The summed E-state index contributed by atoms with van der Waals surface area (Å²) in [6.07, 6.45) is 2.36. The molecule has 0 aliphatic carbocycles. The minimum atomic E-state index is -0.221. The maximum absolute atomic E-state index is 12.8. The Hall–Kier alpha value is -2.65. The number of methoxy groups -OCH3 is 2. The van der Waals surface area contributed by atoms with Crippen molar-refractivity contribution in [2.75, 3.05) is 46.2 Å². The van der Waals surface area contributed by atoms with Gasteiger partial charge < -0.3 is 19.7 Å². The highest BCUT2D eigenvalue weighted by Gasteiger charge is 2.24. The predicted molar refractivity (Wildman–Crippen MR) is 117 cm³/mol. The summed E-state index contributed by atoms with van der Waals surface area (Å²) in [6, 6.07) is 7.41. The van der Waals surface area contributed by atoms with Crippen molar-refractivity contribution >= 4 is 33.6 Å². The number of aromatic nitrogens is 1. The third kappa shape index (κ3) is 5.48. The molecule has 0 radical (unpaired) electrons. The number of benzene rings is 1. The van der Waals surface area contributed by atoms with Gasteiger partial charge in [0.15, 0.2) is 11.5 Å².